The van der Waals surface area contributed by atoms with Crippen LogP contribution in [0.2, 0.25) is 0 Å². The number of ether oxygens (including phenoxy) is 1. The Hall–Kier alpha value is -3.89. The van der Waals surface area contributed by atoms with E-state index in [2.05, 4.69) is 30.2 Å². The first kappa shape index (κ1) is 22.3. The van der Waals surface area contributed by atoms with E-state index >= 15 is 0 Å². The van der Waals surface area contributed by atoms with Gasteiger partial charge in [-0.15, -0.1) is 0 Å². The van der Waals surface area contributed by atoms with Crippen LogP contribution < -0.4 is 15.8 Å². The van der Waals surface area contributed by atoms with Gasteiger partial charge in [-0.3, -0.25) is 4.79 Å². The van der Waals surface area contributed by atoms with Crippen molar-refractivity contribution < 1.29 is 9.53 Å². The number of hydrogen-bond donors (Lipinski definition) is 2. The van der Waals surface area contributed by atoms with Crippen LogP contribution in [0.5, 0.6) is 5.75 Å². The zero-order valence-corrected chi connectivity index (χ0v) is 18.8. The second-order valence-corrected chi connectivity index (χ2v) is 8.46. The number of pyridine rings is 1. The minimum atomic E-state index is 0.0424. The first-order valence-electron chi connectivity index (χ1n) is 11.0. The minimum Gasteiger partial charge on any atom is -0.485 e. The Morgan fingerprint density at radius 1 is 1.15 bits per heavy atom. The van der Waals surface area contributed by atoms with Gasteiger partial charge < -0.3 is 20.7 Å². The molecule has 1 aliphatic heterocycles. The lowest BCUT2D eigenvalue weighted by Gasteiger charge is -2.36. The highest BCUT2D eigenvalue weighted by Crippen LogP contribution is 2.28. The van der Waals surface area contributed by atoms with Crippen LogP contribution in [0, 0.1) is 11.3 Å². The van der Waals surface area contributed by atoms with Crippen LogP contribution in [-0.4, -0.2) is 41.0 Å². The van der Waals surface area contributed by atoms with E-state index in [1.54, 1.807) is 18.3 Å². The van der Waals surface area contributed by atoms with Crippen LogP contribution >= 0.6 is 0 Å². The summed E-state index contributed by atoms with van der Waals surface area (Å²) in [5.74, 6) is 0.809. The molecule has 2 unspecified atom stereocenters. The quantitative estimate of drug-likeness (QED) is 0.627. The zero-order chi connectivity index (χ0) is 23.4. The van der Waals surface area contributed by atoms with Gasteiger partial charge in [-0.05, 0) is 55.3 Å². The van der Waals surface area contributed by atoms with Crippen molar-refractivity contribution in [3.05, 3.63) is 77.5 Å². The number of piperazine rings is 1. The molecule has 2 heterocycles. The summed E-state index contributed by atoms with van der Waals surface area (Å²) in [6, 6.07) is 19.3. The van der Waals surface area contributed by atoms with Crippen molar-refractivity contribution in [3.8, 4) is 22.9 Å². The number of aromatic nitrogens is 1. The SMILES string of the molecule is CC1CN(C(=O)c2ccc(-c3cnc(N)c(OCc4cccc(C#N)c4)c3)cc2)CC(C)N1. The molecule has 0 bridgehead atoms. The summed E-state index contributed by atoms with van der Waals surface area (Å²) in [5, 5.41) is 12.5. The van der Waals surface area contributed by atoms with Crippen molar-refractivity contribution in [2.75, 3.05) is 18.8 Å². The second-order valence-electron chi connectivity index (χ2n) is 8.46. The molecule has 1 aliphatic rings. The fraction of sp³-hybridized carbons (Fsp3) is 0.269. The summed E-state index contributed by atoms with van der Waals surface area (Å²) in [6.07, 6.45) is 1.69. The van der Waals surface area contributed by atoms with E-state index in [1.807, 2.05) is 47.4 Å². The minimum absolute atomic E-state index is 0.0424. The lowest BCUT2D eigenvalue weighted by atomic mass is 10.0. The Kier molecular flexibility index (Phi) is 6.57. The molecule has 2 aromatic carbocycles. The van der Waals surface area contributed by atoms with Gasteiger partial charge in [0.25, 0.3) is 5.91 Å². The number of hydrogen-bond acceptors (Lipinski definition) is 6. The first-order chi connectivity index (χ1) is 15.9. The number of rotatable bonds is 5. The first-order valence-corrected chi connectivity index (χ1v) is 11.0. The fourth-order valence-electron chi connectivity index (χ4n) is 4.10. The Labute approximate surface area is 193 Å². The third kappa shape index (κ3) is 5.30. The van der Waals surface area contributed by atoms with Crippen molar-refractivity contribution >= 4 is 11.7 Å². The average Bonchev–Trinajstić information content (AvgIpc) is 2.83. The van der Waals surface area contributed by atoms with E-state index in [0.717, 1.165) is 16.7 Å². The standard InChI is InChI=1S/C26H27N5O2/c1-17-14-31(15-18(2)30-17)26(32)22-8-6-21(7-9-22)23-11-24(25(28)29-13-23)33-16-20-5-3-4-19(10-20)12-27/h3-11,13,17-18,30H,14-16H2,1-2H3,(H2,28,29). The highest BCUT2D eigenvalue weighted by atomic mass is 16.5. The maximum atomic E-state index is 12.9. The van der Waals surface area contributed by atoms with Gasteiger partial charge in [0.15, 0.2) is 11.6 Å². The molecule has 4 rings (SSSR count). The van der Waals surface area contributed by atoms with E-state index in [9.17, 15) is 4.79 Å². The zero-order valence-electron chi connectivity index (χ0n) is 18.8. The number of nitrogens with two attached hydrogens (primary N) is 1. The molecule has 3 N–H and O–H groups in total. The Morgan fingerprint density at radius 3 is 2.58 bits per heavy atom. The molecule has 1 aromatic heterocycles. The van der Waals surface area contributed by atoms with Crippen molar-refractivity contribution in [1.82, 2.24) is 15.2 Å². The molecule has 1 amide bonds. The average molecular weight is 442 g/mol. The highest BCUT2D eigenvalue weighted by Gasteiger charge is 2.25. The maximum absolute atomic E-state index is 12.9. The van der Waals surface area contributed by atoms with Crippen molar-refractivity contribution in [3.63, 3.8) is 0 Å². The molecule has 1 saturated heterocycles. The van der Waals surface area contributed by atoms with Crippen LogP contribution in [0.4, 0.5) is 5.82 Å². The Bertz CT molecular complexity index is 1180. The normalized spacial score (nSPS) is 17.9. The number of nitrogens with one attached hydrogen (secondary N) is 1. The molecule has 7 heteroatoms. The van der Waals surface area contributed by atoms with Crippen LogP contribution in [-0.2, 0) is 6.61 Å². The third-order valence-corrected chi connectivity index (χ3v) is 5.64. The number of amides is 1. The molecule has 7 nitrogen and oxygen atoms in total. The summed E-state index contributed by atoms with van der Waals surface area (Å²) in [4.78, 5) is 19.1. The van der Waals surface area contributed by atoms with Crippen LogP contribution in [0.15, 0.2) is 60.8 Å². The van der Waals surface area contributed by atoms with E-state index in [-0.39, 0.29) is 24.6 Å². The van der Waals surface area contributed by atoms with Gasteiger partial charge in [0, 0.05) is 42.5 Å². The Morgan fingerprint density at radius 2 is 1.88 bits per heavy atom. The predicted molar refractivity (Wildman–Crippen MR) is 128 cm³/mol. The van der Waals surface area contributed by atoms with Gasteiger partial charge in [0.05, 0.1) is 11.6 Å². The third-order valence-electron chi connectivity index (χ3n) is 5.64. The van der Waals surface area contributed by atoms with Gasteiger partial charge in [-0.2, -0.15) is 5.26 Å². The smallest absolute Gasteiger partial charge is 0.253 e. The topological polar surface area (TPSA) is 104 Å². The van der Waals surface area contributed by atoms with Crippen LogP contribution in [0.1, 0.15) is 35.3 Å². The van der Waals surface area contributed by atoms with Gasteiger partial charge >= 0.3 is 0 Å². The van der Waals surface area contributed by atoms with Crippen LogP contribution in [0.3, 0.4) is 0 Å². The predicted octanol–water partition coefficient (Wildman–Crippen LogP) is 3.60. The monoisotopic (exact) mass is 441 g/mol. The lowest BCUT2D eigenvalue weighted by Crippen LogP contribution is -2.55. The van der Waals surface area contributed by atoms with E-state index in [4.69, 9.17) is 15.7 Å². The van der Waals surface area contributed by atoms with Gasteiger partial charge in [0.2, 0.25) is 0 Å². The van der Waals surface area contributed by atoms with Gasteiger partial charge in [0.1, 0.15) is 6.61 Å². The Balaban J connectivity index is 1.48. The van der Waals surface area contributed by atoms with E-state index < -0.39 is 0 Å². The molecule has 0 saturated carbocycles. The summed E-state index contributed by atoms with van der Waals surface area (Å²) in [6.45, 7) is 5.86. The van der Waals surface area contributed by atoms with Crippen molar-refractivity contribution in [2.45, 2.75) is 32.5 Å². The number of carbonyl (C=O) groups is 1. The van der Waals surface area contributed by atoms with E-state index in [1.165, 1.54) is 0 Å². The van der Waals surface area contributed by atoms with Gasteiger partial charge in [-0.1, -0.05) is 24.3 Å². The summed E-state index contributed by atoms with van der Waals surface area (Å²) >= 11 is 0. The fourth-order valence-corrected chi connectivity index (χ4v) is 4.10. The number of anilines is 1. The second kappa shape index (κ2) is 9.72. The summed E-state index contributed by atoms with van der Waals surface area (Å²) < 4.78 is 5.88. The maximum Gasteiger partial charge on any atom is 0.253 e. The number of nitrogens with zero attached hydrogens (tertiary/aromatic N) is 3. The molecule has 33 heavy (non-hydrogen) atoms. The summed E-state index contributed by atoms with van der Waals surface area (Å²) in [7, 11) is 0. The largest absolute Gasteiger partial charge is 0.485 e. The number of nitriles is 1. The van der Waals surface area contributed by atoms with Crippen molar-refractivity contribution in [2.24, 2.45) is 0 Å². The molecular weight excluding hydrogens is 414 g/mol. The van der Waals surface area contributed by atoms with Crippen LogP contribution in [0.25, 0.3) is 11.1 Å². The molecule has 2 atom stereocenters. The molecule has 168 valence electrons. The lowest BCUT2D eigenvalue weighted by molar-refractivity contribution is 0.0674. The molecule has 0 radical (unpaired) electrons. The number of benzene rings is 2. The van der Waals surface area contributed by atoms with Gasteiger partial charge in [-0.25, -0.2) is 4.98 Å². The van der Waals surface area contributed by atoms with E-state index in [0.29, 0.717) is 35.8 Å². The summed E-state index contributed by atoms with van der Waals surface area (Å²) in [5.41, 5.74) is 9.88. The molecule has 1 fully saturated rings. The molecule has 3 aromatic rings. The highest BCUT2D eigenvalue weighted by molar-refractivity contribution is 5.95. The number of nitrogen functional groups attached to an aromatic ring is 1. The number of carbonyl (C=O) groups excluding carboxylic acids is 1. The molecular formula is C26H27N5O2. The molecule has 0 aliphatic carbocycles. The molecule has 0 spiro atoms. The van der Waals surface area contributed by atoms with Crippen molar-refractivity contribution in [1.29, 1.82) is 5.26 Å².